The van der Waals surface area contributed by atoms with Crippen molar-refractivity contribution < 1.29 is 8.83 Å². The minimum atomic E-state index is -0.778. The number of hydrogen-bond acceptors (Lipinski definition) is 4. The molecule has 2 aliphatic carbocycles. The first-order valence-electron chi connectivity index (χ1n) is 24.3. The van der Waals surface area contributed by atoms with Gasteiger partial charge in [0, 0.05) is 50.0 Å². The number of rotatable bonds is 7. The zero-order valence-electron chi connectivity index (χ0n) is 38.5. The van der Waals surface area contributed by atoms with Gasteiger partial charge in [-0.3, -0.25) is 0 Å². The lowest BCUT2D eigenvalue weighted by atomic mass is 9.70. The molecule has 332 valence electrons. The van der Waals surface area contributed by atoms with Crippen molar-refractivity contribution >= 4 is 78.0 Å². The van der Waals surface area contributed by atoms with Crippen LogP contribution < -0.4 is 9.80 Å². The molecule has 2 heterocycles. The van der Waals surface area contributed by atoms with Gasteiger partial charge in [-0.15, -0.1) is 0 Å². The third kappa shape index (κ3) is 5.61. The third-order valence-corrected chi connectivity index (χ3v) is 15.0. The molecule has 4 heteroatoms. The van der Waals surface area contributed by atoms with E-state index in [0.29, 0.717) is 0 Å². The normalized spacial score (nSPS) is 12.9. The Balaban J connectivity index is 1.13. The Bertz CT molecular complexity index is 4130. The second-order valence-corrected chi connectivity index (χ2v) is 18.7. The molecule has 2 aliphatic rings. The van der Waals surface area contributed by atoms with E-state index in [9.17, 15) is 0 Å². The predicted octanol–water partition coefficient (Wildman–Crippen LogP) is 18.4. The molecule has 0 N–H and O–H groups in total. The van der Waals surface area contributed by atoms with Crippen LogP contribution in [0.2, 0.25) is 0 Å². The van der Waals surface area contributed by atoms with E-state index in [4.69, 9.17) is 8.83 Å². The van der Waals surface area contributed by atoms with E-state index in [1.54, 1.807) is 0 Å². The van der Waals surface area contributed by atoms with E-state index >= 15 is 0 Å². The lowest BCUT2D eigenvalue weighted by Crippen LogP contribution is -2.26. The van der Waals surface area contributed by atoms with Gasteiger partial charge in [-0.05, 0) is 117 Å². The van der Waals surface area contributed by atoms with E-state index in [0.717, 1.165) is 94.7 Å². The second-order valence-electron chi connectivity index (χ2n) is 18.7. The van der Waals surface area contributed by atoms with Crippen LogP contribution in [0.25, 0.3) is 77.3 Å². The van der Waals surface area contributed by atoms with Crippen LogP contribution in [0.15, 0.2) is 264 Å². The van der Waals surface area contributed by atoms with Crippen molar-refractivity contribution in [1.82, 2.24) is 0 Å². The summed E-state index contributed by atoms with van der Waals surface area (Å²) >= 11 is 0. The number of para-hydroxylation sites is 5. The molecule has 0 bridgehead atoms. The summed E-state index contributed by atoms with van der Waals surface area (Å²) < 4.78 is 14.7. The maximum Gasteiger partial charge on any atom is 0.160 e. The lowest BCUT2D eigenvalue weighted by molar-refractivity contribution is 0.668. The van der Waals surface area contributed by atoms with E-state index in [1.165, 1.54) is 38.9 Å². The summed E-state index contributed by atoms with van der Waals surface area (Å²) in [6, 6.07) is 91.9. The number of hydrogen-bond donors (Lipinski definition) is 0. The van der Waals surface area contributed by atoms with Gasteiger partial charge in [-0.1, -0.05) is 182 Å². The molecule has 71 heavy (non-hydrogen) atoms. The van der Waals surface area contributed by atoms with Crippen molar-refractivity contribution in [1.29, 1.82) is 0 Å². The van der Waals surface area contributed by atoms with Gasteiger partial charge in [-0.2, -0.15) is 0 Å². The topological polar surface area (TPSA) is 32.8 Å². The molecule has 0 radical (unpaired) electrons. The smallest absolute Gasteiger partial charge is 0.160 e. The molecule has 0 fully saturated rings. The summed E-state index contributed by atoms with van der Waals surface area (Å²) in [6.45, 7) is 0. The highest BCUT2D eigenvalue weighted by molar-refractivity contribution is 6.26. The highest BCUT2D eigenvalue weighted by Crippen LogP contribution is 2.68. The van der Waals surface area contributed by atoms with Crippen molar-refractivity contribution in [2.75, 3.05) is 9.80 Å². The molecule has 0 saturated heterocycles. The Hall–Kier alpha value is -9.38. The first-order valence-corrected chi connectivity index (χ1v) is 24.3. The molecule has 0 unspecified atom stereocenters. The molecule has 15 rings (SSSR count). The maximum absolute atomic E-state index is 7.43. The van der Waals surface area contributed by atoms with Gasteiger partial charge in [0.25, 0.3) is 0 Å². The first-order chi connectivity index (χ1) is 35.3. The van der Waals surface area contributed by atoms with Crippen molar-refractivity contribution in [2.24, 2.45) is 0 Å². The Morgan fingerprint density at radius 2 is 0.704 bits per heavy atom. The van der Waals surface area contributed by atoms with E-state index in [-0.39, 0.29) is 0 Å². The highest BCUT2D eigenvalue weighted by atomic mass is 16.3. The van der Waals surface area contributed by atoms with Crippen molar-refractivity contribution in [3.05, 3.63) is 277 Å². The zero-order valence-corrected chi connectivity index (χ0v) is 38.5. The average Bonchev–Trinajstić information content (AvgIpc) is 4.19. The summed E-state index contributed by atoms with van der Waals surface area (Å²) in [6.07, 6.45) is 0. The quantitative estimate of drug-likeness (QED) is 0.160. The molecule has 0 atom stereocenters. The molecule has 0 saturated carbocycles. The number of fused-ring (bicyclic) bond motifs is 18. The minimum Gasteiger partial charge on any atom is -0.455 e. The standard InChI is InChI=1S/C67H42N2O2/c1-5-21-43(22-6-1)44-37-39-48(40-38-44)69(47-27-11-4-12-28-47)58-42-55-63(62-52-32-16-20-36-60(52)70-65(58)62)64-56(67(55)53-33-17-13-29-49(53)50-30-14-18-34-54(50)67)41-57(61-51-31-15-19-35-59(51)71-66(61)64)68(45-23-7-2-8-24-45)46-25-9-3-10-26-46/h1-42H. The van der Waals surface area contributed by atoms with Crippen LogP contribution in [-0.4, -0.2) is 0 Å². The van der Waals surface area contributed by atoms with Gasteiger partial charge in [-0.25, -0.2) is 0 Å². The molecular formula is C67H42N2O2. The maximum atomic E-state index is 7.43. The summed E-state index contributed by atoms with van der Waals surface area (Å²) in [5.41, 5.74) is 20.6. The SMILES string of the molecule is c1ccc(-c2ccc(N(c3ccccc3)c3cc4c(c5c3oc3ccccc35)-c3c(cc(N(c5ccccc5)c5ccccc5)c5c3oc3ccccc35)C43c4ccccc4-c4ccccc43)cc2)cc1. The summed E-state index contributed by atoms with van der Waals surface area (Å²) in [5.74, 6) is 0. The average molecular weight is 907 g/mol. The number of anilines is 6. The second kappa shape index (κ2) is 15.3. The highest BCUT2D eigenvalue weighted by Gasteiger charge is 2.54. The first kappa shape index (κ1) is 39.6. The van der Waals surface area contributed by atoms with Gasteiger partial charge < -0.3 is 18.6 Å². The van der Waals surface area contributed by atoms with E-state index in [1.807, 2.05) is 0 Å². The van der Waals surface area contributed by atoms with Crippen molar-refractivity contribution in [3.63, 3.8) is 0 Å². The fourth-order valence-electron chi connectivity index (χ4n) is 12.2. The van der Waals surface area contributed by atoms with Gasteiger partial charge in [0.2, 0.25) is 0 Å². The van der Waals surface area contributed by atoms with Crippen molar-refractivity contribution in [3.8, 4) is 33.4 Å². The molecule has 2 aromatic heterocycles. The van der Waals surface area contributed by atoms with Crippen LogP contribution in [-0.2, 0) is 5.41 Å². The summed E-state index contributed by atoms with van der Waals surface area (Å²) in [4.78, 5) is 4.80. The molecule has 1 spiro atoms. The summed E-state index contributed by atoms with van der Waals surface area (Å²) in [7, 11) is 0. The predicted molar refractivity (Wildman–Crippen MR) is 292 cm³/mol. The Labute approximate surface area is 410 Å². The number of benzene rings is 11. The van der Waals surface area contributed by atoms with Crippen LogP contribution >= 0.6 is 0 Å². The van der Waals surface area contributed by atoms with Gasteiger partial charge in [0.05, 0.1) is 22.2 Å². The van der Waals surface area contributed by atoms with Crippen molar-refractivity contribution in [2.45, 2.75) is 5.41 Å². The Kier molecular flexibility index (Phi) is 8.54. The van der Waals surface area contributed by atoms with Gasteiger partial charge in [0.1, 0.15) is 16.7 Å². The molecule has 4 nitrogen and oxygen atoms in total. The van der Waals surface area contributed by atoms with E-state index in [2.05, 4.69) is 265 Å². The number of furan rings is 2. The fourth-order valence-corrected chi connectivity index (χ4v) is 12.2. The van der Waals surface area contributed by atoms with Crippen LogP contribution in [0.5, 0.6) is 0 Å². The molecule has 0 amide bonds. The van der Waals surface area contributed by atoms with Crippen LogP contribution in [0.1, 0.15) is 22.3 Å². The summed E-state index contributed by atoms with van der Waals surface area (Å²) in [5, 5.41) is 4.24. The van der Waals surface area contributed by atoms with Crippen LogP contribution in [0.3, 0.4) is 0 Å². The van der Waals surface area contributed by atoms with Gasteiger partial charge >= 0.3 is 0 Å². The van der Waals surface area contributed by atoms with Crippen LogP contribution in [0.4, 0.5) is 34.1 Å². The molecule has 0 aliphatic heterocycles. The third-order valence-electron chi connectivity index (χ3n) is 15.0. The monoisotopic (exact) mass is 906 g/mol. The fraction of sp³-hybridized carbons (Fsp3) is 0.0149. The van der Waals surface area contributed by atoms with Gasteiger partial charge in [0.15, 0.2) is 5.58 Å². The largest absolute Gasteiger partial charge is 0.455 e. The van der Waals surface area contributed by atoms with E-state index < -0.39 is 5.41 Å². The number of nitrogens with zero attached hydrogens (tertiary/aromatic N) is 2. The molecular weight excluding hydrogens is 865 g/mol. The molecule has 13 aromatic rings. The molecule has 11 aromatic carbocycles. The Morgan fingerprint density at radius 3 is 1.28 bits per heavy atom. The lowest BCUT2D eigenvalue weighted by Gasteiger charge is -2.33. The zero-order chi connectivity index (χ0) is 46.6. The Morgan fingerprint density at radius 1 is 0.296 bits per heavy atom. The minimum absolute atomic E-state index is 0.778. The van der Waals surface area contributed by atoms with Crippen LogP contribution in [0, 0.1) is 0 Å².